The molecular formula is C38H38Cl2N6O4. The zero-order valence-corrected chi connectivity index (χ0v) is 29.3. The normalized spacial score (nSPS) is 20.1. The number of methoxy groups -OCH3 is 1. The molecule has 10 nitrogen and oxygen atoms in total. The molecule has 1 amide bonds. The first-order valence-corrected chi connectivity index (χ1v) is 17.4. The van der Waals surface area contributed by atoms with Gasteiger partial charge in [0.1, 0.15) is 5.65 Å². The minimum Gasteiger partial charge on any atom is -0.481 e. The zero-order chi connectivity index (χ0) is 35.0. The number of nitrogens with one attached hydrogen (secondary N) is 3. The fraction of sp³-hybridized carbons (Fsp3) is 0.316. The van der Waals surface area contributed by atoms with Crippen molar-refractivity contribution in [3.63, 3.8) is 0 Å². The monoisotopic (exact) mass is 712 g/mol. The lowest BCUT2D eigenvalue weighted by Crippen LogP contribution is -2.51. The standard InChI is InChI=1S/C38H38Cl2N6O4/c1-38(49)16-26(17-38)42-19-23-9-11-31(45-36(23)50-2)30-8-4-7-29(35(30)40)28-6-3-5-27(34(28)39)22-13-14-46-32(15-22)43-20-24(37(46)48)18-41-21-25-10-12-33(47)44-25/h3-9,11,13-15,20,25-26,41-42,49H,10,12,16-19,21H2,1-2H3,(H,44,47)/t25-,26?,38?/m1/s1. The molecule has 258 valence electrons. The molecule has 0 radical (unpaired) electrons. The molecule has 1 saturated heterocycles. The van der Waals surface area contributed by atoms with Gasteiger partial charge < -0.3 is 25.8 Å². The summed E-state index contributed by atoms with van der Waals surface area (Å²) in [5.74, 6) is 0.571. The van der Waals surface area contributed by atoms with Crippen molar-refractivity contribution in [3.8, 4) is 39.4 Å². The highest BCUT2D eigenvalue weighted by molar-refractivity contribution is 6.39. The van der Waals surface area contributed by atoms with E-state index in [1.165, 1.54) is 4.40 Å². The van der Waals surface area contributed by atoms with Gasteiger partial charge in [0.05, 0.1) is 28.5 Å². The van der Waals surface area contributed by atoms with Crippen LogP contribution in [0.5, 0.6) is 5.88 Å². The van der Waals surface area contributed by atoms with E-state index in [0.29, 0.717) is 71.7 Å². The van der Waals surface area contributed by atoms with Gasteiger partial charge in [-0.3, -0.25) is 14.0 Å². The lowest BCUT2D eigenvalue weighted by atomic mass is 9.77. The van der Waals surface area contributed by atoms with E-state index in [0.717, 1.165) is 39.8 Å². The average molecular weight is 714 g/mol. The fourth-order valence-corrected chi connectivity index (χ4v) is 7.51. The van der Waals surface area contributed by atoms with Crippen molar-refractivity contribution in [2.45, 2.75) is 63.4 Å². The Balaban J connectivity index is 1.12. The first-order chi connectivity index (χ1) is 24.1. The maximum Gasteiger partial charge on any atom is 0.262 e. The summed E-state index contributed by atoms with van der Waals surface area (Å²) in [5, 5.41) is 20.7. The highest BCUT2D eigenvalue weighted by atomic mass is 35.5. The van der Waals surface area contributed by atoms with Crippen molar-refractivity contribution < 1.29 is 14.6 Å². The average Bonchev–Trinajstić information content (AvgIpc) is 3.52. The van der Waals surface area contributed by atoms with E-state index in [9.17, 15) is 14.7 Å². The molecule has 12 heteroatoms. The molecule has 2 fully saturated rings. The van der Waals surface area contributed by atoms with Crippen LogP contribution < -0.4 is 26.2 Å². The number of aromatic nitrogens is 3. The number of aliphatic hydroxyl groups is 1. The minimum absolute atomic E-state index is 0.0626. The molecule has 1 saturated carbocycles. The van der Waals surface area contributed by atoms with Gasteiger partial charge in [-0.15, -0.1) is 0 Å². The van der Waals surface area contributed by atoms with Gasteiger partial charge in [-0.1, -0.05) is 65.7 Å². The number of nitrogens with zero attached hydrogens (tertiary/aromatic N) is 3. The molecule has 7 rings (SSSR count). The molecule has 5 aromatic rings. The van der Waals surface area contributed by atoms with Gasteiger partial charge in [-0.25, -0.2) is 9.97 Å². The molecule has 2 aromatic carbocycles. The van der Waals surface area contributed by atoms with E-state index in [2.05, 4.69) is 20.9 Å². The van der Waals surface area contributed by atoms with Gasteiger partial charge in [-0.05, 0) is 49.9 Å². The van der Waals surface area contributed by atoms with E-state index >= 15 is 0 Å². The molecule has 0 spiro atoms. The van der Waals surface area contributed by atoms with Crippen LogP contribution in [0.2, 0.25) is 10.0 Å². The summed E-state index contributed by atoms with van der Waals surface area (Å²) in [6.07, 6.45) is 6.07. The quantitative estimate of drug-likeness (QED) is 0.136. The Labute approximate surface area is 299 Å². The van der Waals surface area contributed by atoms with Crippen LogP contribution in [0, 0.1) is 0 Å². The molecule has 1 aliphatic heterocycles. The highest BCUT2D eigenvalue weighted by Gasteiger charge is 2.38. The van der Waals surface area contributed by atoms with Gasteiger partial charge in [0.15, 0.2) is 0 Å². The summed E-state index contributed by atoms with van der Waals surface area (Å²) >= 11 is 14.2. The Kier molecular flexibility index (Phi) is 9.65. The Morgan fingerprint density at radius 2 is 1.70 bits per heavy atom. The first kappa shape index (κ1) is 34.1. The number of benzene rings is 2. The third-order valence-corrected chi connectivity index (χ3v) is 10.3. The number of halogens is 2. The second-order valence-electron chi connectivity index (χ2n) is 13.3. The van der Waals surface area contributed by atoms with Gasteiger partial charge in [0, 0.05) is 83.9 Å². The predicted molar refractivity (Wildman–Crippen MR) is 195 cm³/mol. The lowest BCUT2D eigenvalue weighted by Gasteiger charge is -2.41. The van der Waals surface area contributed by atoms with Crippen molar-refractivity contribution in [1.82, 2.24) is 30.3 Å². The zero-order valence-electron chi connectivity index (χ0n) is 27.8. The summed E-state index contributed by atoms with van der Waals surface area (Å²) in [7, 11) is 1.60. The van der Waals surface area contributed by atoms with Crippen LogP contribution in [0.3, 0.4) is 0 Å². The van der Waals surface area contributed by atoms with Gasteiger partial charge in [0.2, 0.25) is 11.8 Å². The van der Waals surface area contributed by atoms with Crippen LogP contribution >= 0.6 is 23.2 Å². The minimum atomic E-state index is -0.595. The smallest absolute Gasteiger partial charge is 0.262 e. The Bertz CT molecular complexity index is 2140. The molecule has 4 N–H and O–H groups in total. The number of ether oxygens (including phenoxy) is 1. The molecule has 1 atom stereocenters. The van der Waals surface area contributed by atoms with Crippen molar-refractivity contribution in [2.24, 2.45) is 0 Å². The predicted octanol–water partition coefficient (Wildman–Crippen LogP) is 5.78. The lowest BCUT2D eigenvalue weighted by molar-refractivity contribution is -0.119. The van der Waals surface area contributed by atoms with E-state index in [1.54, 1.807) is 19.5 Å². The molecule has 0 bridgehead atoms. The van der Waals surface area contributed by atoms with E-state index in [4.69, 9.17) is 32.9 Å². The maximum atomic E-state index is 13.3. The number of rotatable bonds is 11. The Morgan fingerprint density at radius 1 is 0.980 bits per heavy atom. The number of pyridine rings is 2. The van der Waals surface area contributed by atoms with Gasteiger partial charge in [-0.2, -0.15) is 0 Å². The number of hydrogen-bond acceptors (Lipinski definition) is 8. The number of amides is 1. The fourth-order valence-electron chi connectivity index (χ4n) is 6.85. The summed E-state index contributed by atoms with van der Waals surface area (Å²) in [6, 6.07) is 19.5. The van der Waals surface area contributed by atoms with Crippen LogP contribution in [0.1, 0.15) is 43.7 Å². The maximum absolute atomic E-state index is 13.3. The van der Waals surface area contributed by atoms with Crippen LogP contribution in [-0.4, -0.2) is 56.7 Å². The molecule has 4 heterocycles. The second kappa shape index (κ2) is 14.1. The van der Waals surface area contributed by atoms with Crippen LogP contribution in [0.15, 0.2) is 77.9 Å². The van der Waals surface area contributed by atoms with E-state index < -0.39 is 5.60 Å². The van der Waals surface area contributed by atoms with Crippen molar-refractivity contribution >= 4 is 34.8 Å². The van der Waals surface area contributed by atoms with Crippen molar-refractivity contribution in [3.05, 3.63) is 105 Å². The number of fused-ring (bicyclic) bond motifs is 1. The largest absolute Gasteiger partial charge is 0.481 e. The third-order valence-electron chi connectivity index (χ3n) is 9.53. The summed E-state index contributed by atoms with van der Waals surface area (Å²) in [5.41, 5.74) is 5.70. The van der Waals surface area contributed by atoms with E-state index in [-0.39, 0.29) is 23.6 Å². The molecule has 50 heavy (non-hydrogen) atoms. The Morgan fingerprint density at radius 3 is 2.40 bits per heavy atom. The van der Waals surface area contributed by atoms with Crippen molar-refractivity contribution in [1.29, 1.82) is 0 Å². The number of carbonyl (C=O) groups is 1. The molecular weight excluding hydrogens is 675 g/mol. The molecule has 3 aromatic heterocycles. The van der Waals surface area contributed by atoms with Gasteiger partial charge >= 0.3 is 0 Å². The van der Waals surface area contributed by atoms with E-state index in [1.807, 2.05) is 67.6 Å². The molecule has 1 aliphatic carbocycles. The number of carbonyl (C=O) groups excluding carboxylic acids is 1. The van der Waals surface area contributed by atoms with Gasteiger partial charge in [0.25, 0.3) is 5.56 Å². The third kappa shape index (κ3) is 6.99. The summed E-state index contributed by atoms with van der Waals surface area (Å²) < 4.78 is 7.17. The van der Waals surface area contributed by atoms with Crippen LogP contribution in [0.25, 0.3) is 39.2 Å². The van der Waals surface area contributed by atoms with Crippen LogP contribution in [-0.2, 0) is 17.9 Å². The topological polar surface area (TPSA) is 130 Å². The summed E-state index contributed by atoms with van der Waals surface area (Å²) in [6.45, 7) is 3.38. The molecule has 2 aliphatic rings. The molecule has 0 unspecified atom stereocenters. The van der Waals surface area contributed by atoms with Crippen molar-refractivity contribution in [2.75, 3.05) is 13.7 Å². The SMILES string of the molecule is COc1nc(-c2cccc(-c3cccc(-c4ccn5c(=O)c(CNC[C@H]6CCC(=O)N6)cnc5c4)c3Cl)c2Cl)ccc1CNC1CC(C)(O)C1. The van der Waals surface area contributed by atoms with Crippen LogP contribution in [0.4, 0.5) is 0 Å². The number of hydrogen-bond donors (Lipinski definition) is 4. The highest BCUT2D eigenvalue weighted by Crippen LogP contribution is 2.42. The first-order valence-electron chi connectivity index (χ1n) is 16.7. The summed E-state index contributed by atoms with van der Waals surface area (Å²) in [4.78, 5) is 34.1. The second-order valence-corrected chi connectivity index (χ2v) is 14.1. The Hall–Kier alpha value is -4.32.